The summed E-state index contributed by atoms with van der Waals surface area (Å²) in [5.74, 6) is -0.413. The molecule has 0 saturated carbocycles. The van der Waals surface area contributed by atoms with Gasteiger partial charge in [-0.1, -0.05) is 89.5 Å². The monoisotopic (exact) mass is 500 g/mol. The zero-order chi connectivity index (χ0) is 22.1. The Bertz CT molecular complexity index is 992. The van der Waals surface area contributed by atoms with Crippen molar-refractivity contribution in [1.82, 2.24) is 15.5 Å². The first kappa shape index (κ1) is 23.1. The number of benzene rings is 2. The van der Waals surface area contributed by atoms with Crippen molar-refractivity contribution in [3.63, 3.8) is 0 Å². The van der Waals surface area contributed by atoms with Crippen LogP contribution in [0.3, 0.4) is 0 Å². The summed E-state index contributed by atoms with van der Waals surface area (Å²) >= 11 is 4.71. The zero-order valence-corrected chi connectivity index (χ0v) is 19.7. The molecule has 0 aliphatic rings. The number of rotatable bonds is 10. The molecule has 2 N–H and O–H groups in total. The van der Waals surface area contributed by atoms with Crippen molar-refractivity contribution < 1.29 is 9.59 Å². The minimum atomic E-state index is -0.684. The van der Waals surface area contributed by atoms with Crippen LogP contribution in [0.4, 0.5) is 5.13 Å². The fraction of sp³-hybridized carbons (Fsp3) is 0.304. The number of carbonyl (C=O) groups excluding carboxylic acids is 2. The molecule has 0 aliphatic heterocycles. The molecule has 162 valence electrons. The summed E-state index contributed by atoms with van der Waals surface area (Å²) in [6, 6.07) is 16.7. The van der Waals surface area contributed by atoms with E-state index < -0.39 is 6.04 Å². The van der Waals surface area contributed by atoms with Gasteiger partial charge >= 0.3 is 0 Å². The van der Waals surface area contributed by atoms with Gasteiger partial charge in [-0.05, 0) is 24.1 Å². The summed E-state index contributed by atoms with van der Waals surface area (Å²) in [6.07, 6.45) is 3.67. The van der Waals surface area contributed by atoms with E-state index in [1.54, 1.807) is 0 Å². The van der Waals surface area contributed by atoms with Crippen molar-refractivity contribution >= 4 is 44.2 Å². The highest BCUT2D eigenvalue weighted by atomic mass is 79.9. The molecule has 0 bridgehead atoms. The number of amides is 2. The quantitative estimate of drug-likeness (QED) is 0.374. The largest absolute Gasteiger partial charge is 0.344 e. The summed E-state index contributed by atoms with van der Waals surface area (Å²) in [6.45, 7) is 2.09. The van der Waals surface area contributed by atoms with Gasteiger partial charge in [-0.2, -0.15) is 0 Å². The Balaban J connectivity index is 1.68. The lowest BCUT2D eigenvalue weighted by Crippen LogP contribution is -2.45. The third-order valence-corrected chi connectivity index (χ3v) is 6.10. The highest BCUT2D eigenvalue weighted by Gasteiger charge is 2.22. The second-order valence-electron chi connectivity index (χ2n) is 7.18. The van der Waals surface area contributed by atoms with E-state index in [9.17, 15) is 9.59 Å². The molecule has 2 aromatic carbocycles. The number of unbranched alkanes of at least 4 members (excludes halogenated alkanes) is 2. The summed E-state index contributed by atoms with van der Waals surface area (Å²) < 4.78 is 0.979. The molecule has 6 nitrogen and oxygen atoms in total. The Morgan fingerprint density at radius 2 is 1.77 bits per heavy atom. The first-order chi connectivity index (χ1) is 15.0. The van der Waals surface area contributed by atoms with Crippen LogP contribution in [0.1, 0.15) is 38.2 Å². The second kappa shape index (κ2) is 11.7. The predicted octanol–water partition coefficient (Wildman–Crippen LogP) is 5.21. The molecule has 3 aromatic rings. The number of carbonyl (C=O) groups is 2. The maximum atomic E-state index is 13.0. The smallest absolute Gasteiger partial charge is 0.249 e. The van der Waals surface area contributed by atoms with Gasteiger partial charge in [0.2, 0.25) is 16.9 Å². The molecular weight excluding hydrogens is 476 g/mol. The fourth-order valence-electron chi connectivity index (χ4n) is 3.04. The van der Waals surface area contributed by atoms with Crippen molar-refractivity contribution in [2.75, 3.05) is 5.32 Å². The predicted molar refractivity (Wildman–Crippen MR) is 128 cm³/mol. The molecule has 1 unspecified atom stereocenters. The van der Waals surface area contributed by atoms with Crippen LogP contribution in [-0.2, 0) is 16.0 Å². The van der Waals surface area contributed by atoms with Gasteiger partial charge in [-0.3, -0.25) is 14.9 Å². The Hall–Kier alpha value is -2.58. The lowest BCUT2D eigenvalue weighted by Gasteiger charge is -2.18. The number of aromatic nitrogens is 2. The lowest BCUT2D eigenvalue weighted by molar-refractivity contribution is -0.126. The minimum Gasteiger partial charge on any atom is -0.344 e. The van der Waals surface area contributed by atoms with E-state index in [1.165, 1.54) is 11.3 Å². The third-order valence-electron chi connectivity index (χ3n) is 4.69. The minimum absolute atomic E-state index is 0.114. The molecular formula is C23H25BrN4O2S. The molecule has 1 aromatic heterocycles. The maximum absolute atomic E-state index is 13.0. The Morgan fingerprint density at radius 3 is 2.48 bits per heavy atom. The number of hydrogen-bond donors (Lipinski definition) is 2. The average Bonchev–Trinajstić information content (AvgIpc) is 3.23. The molecule has 1 heterocycles. The van der Waals surface area contributed by atoms with E-state index in [0.717, 1.165) is 34.9 Å². The second-order valence-corrected chi connectivity index (χ2v) is 9.07. The summed E-state index contributed by atoms with van der Waals surface area (Å²) in [5.41, 5.74) is 1.90. The third kappa shape index (κ3) is 7.25. The van der Waals surface area contributed by atoms with Crippen LogP contribution in [-0.4, -0.2) is 28.1 Å². The number of hydrogen-bond acceptors (Lipinski definition) is 5. The van der Waals surface area contributed by atoms with Gasteiger partial charge in [-0.15, -0.1) is 10.2 Å². The topological polar surface area (TPSA) is 84.0 Å². The SMILES string of the molecule is CCCCCC(=O)NC(Cc1ccccc1)C(=O)Nc1nnc(-c2ccc(Br)cc2)s1. The van der Waals surface area contributed by atoms with Crippen molar-refractivity contribution in [2.24, 2.45) is 0 Å². The fourth-order valence-corrected chi connectivity index (χ4v) is 4.05. The number of anilines is 1. The molecule has 0 saturated heterocycles. The lowest BCUT2D eigenvalue weighted by atomic mass is 10.0. The number of nitrogens with zero attached hydrogens (tertiary/aromatic N) is 2. The van der Waals surface area contributed by atoms with Gasteiger partial charge in [0.25, 0.3) is 0 Å². The van der Waals surface area contributed by atoms with E-state index in [-0.39, 0.29) is 11.8 Å². The van der Waals surface area contributed by atoms with E-state index in [4.69, 9.17) is 0 Å². The molecule has 0 spiro atoms. The molecule has 31 heavy (non-hydrogen) atoms. The molecule has 0 radical (unpaired) electrons. The van der Waals surface area contributed by atoms with Crippen LogP contribution in [0, 0.1) is 0 Å². The van der Waals surface area contributed by atoms with E-state index in [2.05, 4.69) is 43.7 Å². The van der Waals surface area contributed by atoms with Crippen LogP contribution in [0.5, 0.6) is 0 Å². The van der Waals surface area contributed by atoms with E-state index in [1.807, 2.05) is 54.6 Å². The van der Waals surface area contributed by atoms with Crippen molar-refractivity contribution in [1.29, 1.82) is 0 Å². The van der Waals surface area contributed by atoms with Gasteiger partial charge in [0.15, 0.2) is 0 Å². The van der Waals surface area contributed by atoms with Crippen molar-refractivity contribution in [3.05, 3.63) is 64.6 Å². The highest BCUT2D eigenvalue weighted by Crippen LogP contribution is 2.27. The Labute approximate surface area is 194 Å². The summed E-state index contributed by atoms with van der Waals surface area (Å²) in [5, 5.41) is 15.1. The Morgan fingerprint density at radius 1 is 1.03 bits per heavy atom. The molecule has 3 rings (SSSR count). The van der Waals surface area contributed by atoms with Crippen LogP contribution >= 0.6 is 27.3 Å². The van der Waals surface area contributed by atoms with Gasteiger partial charge < -0.3 is 5.32 Å². The van der Waals surface area contributed by atoms with E-state index in [0.29, 0.717) is 23.0 Å². The van der Waals surface area contributed by atoms with Crippen LogP contribution in [0.25, 0.3) is 10.6 Å². The van der Waals surface area contributed by atoms with Crippen molar-refractivity contribution in [2.45, 2.75) is 45.1 Å². The highest BCUT2D eigenvalue weighted by molar-refractivity contribution is 9.10. The van der Waals surface area contributed by atoms with E-state index >= 15 is 0 Å². The number of halogens is 1. The first-order valence-corrected chi connectivity index (χ1v) is 11.9. The molecule has 8 heteroatoms. The summed E-state index contributed by atoms with van der Waals surface area (Å²) in [7, 11) is 0. The zero-order valence-electron chi connectivity index (χ0n) is 17.3. The average molecular weight is 501 g/mol. The standard InChI is InChI=1S/C23H25BrN4O2S/c1-2-3-5-10-20(29)25-19(15-16-8-6-4-7-9-16)21(30)26-23-28-27-22(31-23)17-11-13-18(24)14-12-17/h4,6-9,11-14,19H,2-3,5,10,15H2,1H3,(H,25,29)(H,26,28,30). The van der Waals surface area contributed by atoms with Gasteiger partial charge in [-0.25, -0.2) is 0 Å². The van der Waals surface area contributed by atoms with Gasteiger partial charge in [0.1, 0.15) is 11.0 Å². The molecule has 1 atom stereocenters. The molecule has 0 fully saturated rings. The summed E-state index contributed by atoms with van der Waals surface area (Å²) in [4.78, 5) is 25.4. The Kier molecular flexibility index (Phi) is 8.73. The molecule has 2 amide bonds. The van der Waals surface area contributed by atoms with Crippen LogP contribution < -0.4 is 10.6 Å². The van der Waals surface area contributed by atoms with Crippen LogP contribution in [0.15, 0.2) is 59.1 Å². The van der Waals surface area contributed by atoms with Crippen LogP contribution in [0.2, 0.25) is 0 Å². The number of nitrogens with one attached hydrogen (secondary N) is 2. The maximum Gasteiger partial charge on any atom is 0.249 e. The van der Waals surface area contributed by atoms with Gasteiger partial charge in [0, 0.05) is 22.9 Å². The molecule has 0 aliphatic carbocycles. The van der Waals surface area contributed by atoms with Gasteiger partial charge in [0.05, 0.1) is 0 Å². The van der Waals surface area contributed by atoms with Crippen molar-refractivity contribution in [3.8, 4) is 10.6 Å². The first-order valence-electron chi connectivity index (χ1n) is 10.3. The normalized spacial score (nSPS) is 11.7.